The topological polar surface area (TPSA) is 93.2 Å². The van der Waals surface area contributed by atoms with Crippen LogP contribution in [0.5, 0.6) is 0 Å². The molecule has 2 heterocycles. The maximum Gasteiger partial charge on any atom is 0.410 e. The van der Waals surface area contributed by atoms with Crippen LogP contribution in [0.3, 0.4) is 0 Å². The summed E-state index contributed by atoms with van der Waals surface area (Å²) >= 11 is 3.18. The van der Waals surface area contributed by atoms with Crippen LogP contribution in [0.1, 0.15) is 74.1 Å². The van der Waals surface area contributed by atoms with Crippen molar-refractivity contribution in [2.75, 3.05) is 31.5 Å². The van der Waals surface area contributed by atoms with E-state index in [-0.39, 0.29) is 35.6 Å². The summed E-state index contributed by atoms with van der Waals surface area (Å²) in [7, 11) is 0. The first-order valence-electron chi connectivity index (χ1n) is 11.7. The number of Topliss-reactive ketones (excluding diaryl/α,β-unsaturated/α-hetero) is 2. The van der Waals surface area contributed by atoms with Crippen molar-refractivity contribution in [3.63, 3.8) is 0 Å². The Bertz CT molecular complexity index is 682. The standard InChI is InChI=1S/C12H20BrNO3.C12H21NO3/c1-12(2,3)17-11(16)14-6-4-9(5-7-14)10(15)8-13;1-9(14)10-5-7-13(8-6-10)11(15)16-12(2,3)4/h9H,4-8H2,1-3H3;10H,5-8H2,1-4H3. The van der Waals surface area contributed by atoms with Gasteiger partial charge in [0.25, 0.3) is 0 Å². The maximum absolute atomic E-state index is 11.8. The predicted octanol–water partition coefficient (Wildman–Crippen LogP) is 4.82. The lowest BCUT2D eigenvalue weighted by molar-refractivity contribution is -0.122. The summed E-state index contributed by atoms with van der Waals surface area (Å²) in [4.78, 5) is 49.5. The summed E-state index contributed by atoms with van der Waals surface area (Å²) in [5.74, 6) is 0.671. The van der Waals surface area contributed by atoms with Crippen LogP contribution in [-0.4, -0.2) is 76.3 Å². The molecule has 0 spiro atoms. The number of ketones is 2. The lowest BCUT2D eigenvalue weighted by Crippen LogP contribution is -2.43. The molecule has 0 aromatic rings. The van der Waals surface area contributed by atoms with Gasteiger partial charge in [-0.1, -0.05) is 15.9 Å². The summed E-state index contributed by atoms with van der Waals surface area (Å²) in [5, 5.41) is 0.407. The van der Waals surface area contributed by atoms with Crippen molar-refractivity contribution in [1.29, 1.82) is 0 Å². The molecule has 0 aliphatic carbocycles. The molecule has 0 N–H and O–H groups in total. The van der Waals surface area contributed by atoms with E-state index in [0.29, 0.717) is 31.5 Å². The van der Waals surface area contributed by atoms with Crippen molar-refractivity contribution < 1.29 is 28.7 Å². The smallest absolute Gasteiger partial charge is 0.410 e. The number of likely N-dealkylation sites (tertiary alicyclic amines) is 2. The van der Waals surface area contributed by atoms with Crippen molar-refractivity contribution in [3.05, 3.63) is 0 Å². The number of alkyl halides is 1. The molecule has 0 aromatic heterocycles. The highest BCUT2D eigenvalue weighted by molar-refractivity contribution is 9.09. The minimum atomic E-state index is -0.459. The summed E-state index contributed by atoms with van der Waals surface area (Å²) in [6.45, 7) is 15.2. The van der Waals surface area contributed by atoms with Gasteiger partial charge in [0, 0.05) is 38.0 Å². The molecule has 2 saturated heterocycles. The number of halogens is 1. The molecule has 190 valence electrons. The molecule has 0 atom stereocenters. The van der Waals surface area contributed by atoms with Crippen molar-refractivity contribution in [2.24, 2.45) is 11.8 Å². The monoisotopic (exact) mass is 532 g/mol. The second kappa shape index (κ2) is 12.7. The maximum atomic E-state index is 11.8. The fourth-order valence-corrected chi connectivity index (χ4v) is 4.07. The number of piperidine rings is 2. The number of ether oxygens (including phenoxy) is 2. The Morgan fingerprint density at radius 3 is 1.33 bits per heavy atom. The van der Waals surface area contributed by atoms with Gasteiger partial charge in [-0.25, -0.2) is 9.59 Å². The molecule has 2 aliphatic rings. The van der Waals surface area contributed by atoms with E-state index in [0.717, 1.165) is 25.7 Å². The molecule has 0 aromatic carbocycles. The molecule has 0 bridgehead atoms. The molecule has 2 amide bonds. The Labute approximate surface area is 206 Å². The molecule has 0 radical (unpaired) electrons. The molecular formula is C24H41BrN2O6. The summed E-state index contributed by atoms with van der Waals surface area (Å²) in [6, 6.07) is 0. The molecule has 0 saturated carbocycles. The van der Waals surface area contributed by atoms with E-state index in [1.807, 2.05) is 41.5 Å². The number of rotatable bonds is 3. The SMILES string of the molecule is CC(=O)C1CCN(C(=O)OC(C)(C)C)CC1.CC(C)(C)OC(=O)N1CCC(C(=O)CBr)CC1. The highest BCUT2D eigenvalue weighted by atomic mass is 79.9. The van der Waals surface area contributed by atoms with Gasteiger partial charge in [0.05, 0.1) is 5.33 Å². The Kier molecular flexibility index (Phi) is 11.3. The third-order valence-electron chi connectivity index (χ3n) is 5.46. The quantitative estimate of drug-likeness (QED) is 0.483. The normalized spacial score (nSPS) is 18.2. The molecule has 8 nitrogen and oxygen atoms in total. The molecule has 2 aliphatic heterocycles. The first-order valence-corrected chi connectivity index (χ1v) is 12.8. The molecular weight excluding hydrogens is 492 g/mol. The summed E-state index contributed by atoms with van der Waals surface area (Å²) in [6.07, 6.45) is 2.45. The lowest BCUT2D eigenvalue weighted by Gasteiger charge is -2.32. The van der Waals surface area contributed by atoms with E-state index in [9.17, 15) is 19.2 Å². The van der Waals surface area contributed by atoms with E-state index < -0.39 is 11.2 Å². The van der Waals surface area contributed by atoms with E-state index in [1.165, 1.54) is 0 Å². The Balaban J connectivity index is 0.000000331. The van der Waals surface area contributed by atoms with Crippen molar-refractivity contribution in [1.82, 2.24) is 9.80 Å². The second-order valence-corrected chi connectivity index (χ2v) is 11.3. The highest BCUT2D eigenvalue weighted by Crippen LogP contribution is 2.21. The van der Waals surface area contributed by atoms with Crippen LogP contribution < -0.4 is 0 Å². The molecule has 0 unspecified atom stereocenters. The van der Waals surface area contributed by atoms with Crippen LogP contribution in [0, 0.1) is 11.8 Å². The Morgan fingerprint density at radius 1 is 0.727 bits per heavy atom. The van der Waals surface area contributed by atoms with E-state index in [2.05, 4.69) is 15.9 Å². The first kappa shape index (κ1) is 29.4. The van der Waals surface area contributed by atoms with Crippen molar-refractivity contribution >= 4 is 39.7 Å². The van der Waals surface area contributed by atoms with Gasteiger partial charge in [-0.2, -0.15) is 0 Å². The Morgan fingerprint density at radius 2 is 1.06 bits per heavy atom. The summed E-state index contributed by atoms with van der Waals surface area (Å²) < 4.78 is 10.6. The molecule has 2 fully saturated rings. The van der Waals surface area contributed by atoms with Crippen LogP contribution in [0.25, 0.3) is 0 Å². The van der Waals surface area contributed by atoms with Gasteiger partial charge in [0.2, 0.25) is 0 Å². The fourth-order valence-electron chi connectivity index (χ4n) is 3.61. The third-order valence-corrected chi connectivity index (χ3v) is 6.01. The zero-order valence-electron chi connectivity index (χ0n) is 21.2. The average Bonchev–Trinajstić information content (AvgIpc) is 2.71. The van der Waals surface area contributed by atoms with Gasteiger partial charge in [0.15, 0.2) is 0 Å². The highest BCUT2D eigenvalue weighted by Gasteiger charge is 2.30. The first-order chi connectivity index (χ1) is 15.1. The summed E-state index contributed by atoms with van der Waals surface area (Å²) in [5.41, 5.74) is -0.909. The number of nitrogens with zero attached hydrogens (tertiary/aromatic N) is 2. The van der Waals surface area contributed by atoms with Crippen molar-refractivity contribution in [3.8, 4) is 0 Å². The van der Waals surface area contributed by atoms with Crippen LogP contribution in [0.2, 0.25) is 0 Å². The fraction of sp³-hybridized carbons (Fsp3) is 0.833. The third kappa shape index (κ3) is 11.4. The van der Waals surface area contributed by atoms with Gasteiger partial charge < -0.3 is 19.3 Å². The van der Waals surface area contributed by atoms with Gasteiger partial charge in [-0.05, 0) is 74.1 Å². The zero-order chi connectivity index (χ0) is 25.4. The van der Waals surface area contributed by atoms with Gasteiger partial charge in [0.1, 0.15) is 22.8 Å². The minimum Gasteiger partial charge on any atom is -0.444 e. The molecule has 33 heavy (non-hydrogen) atoms. The number of amides is 2. The van der Waals surface area contributed by atoms with E-state index in [1.54, 1.807) is 16.7 Å². The average molecular weight is 534 g/mol. The van der Waals surface area contributed by atoms with Crippen LogP contribution in [0.4, 0.5) is 9.59 Å². The minimum absolute atomic E-state index is 0.0908. The zero-order valence-corrected chi connectivity index (χ0v) is 22.8. The Hall–Kier alpha value is -1.64. The van der Waals surface area contributed by atoms with Gasteiger partial charge in [-0.3, -0.25) is 9.59 Å². The second-order valence-electron chi connectivity index (χ2n) is 10.7. The number of hydrogen-bond donors (Lipinski definition) is 0. The number of hydrogen-bond acceptors (Lipinski definition) is 6. The number of carbonyl (C=O) groups is 4. The largest absolute Gasteiger partial charge is 0.444 e. The molecule has 2 rings (SSSR count). The van der Waals surface area contributed by atoms with Crippen LogP contribution >= 0.6 is 15.9 Å². The van der Waals surface area contributed by atoms with Gasteiger partial charge in [-0.15, -0.1) is 0 Å². The van der Waals surface area contributed by atoms with E-state index in [4.69, 9.17) is 9.47 Å². The predicted molar refractivity (Wildman–Crippen MR) is 131 cm³/mol. The number of carbonyl (C=O) groups excluding carboxylic acids is 4. The van der Waals surface area contributed by atoms with Gasteiger partial charge >= 0.3 is 12.2 Å². The van der Waals surface area contributed by atoms with Crippen molar-refractivity contribution in [2.45, 2.75) is 85.4 Å². The van der Waals surface area contributed by atoms with Crippen LogP contribution in [-0.2, 0) is 19.1 Å². The van der Waals surface area contributed by atoms with E-state index >= 15 is 0 Å². The lowest BCUT2D eigenvalue weighted by atomic mass is 9.94. The van der Waals surface area contributed by atoms with Crippen LogP contribution in [0.15, 0.2) is 0 Å². The molecule has 9 heteroatoms.